The Balaban J connectivity index is 1.45. The molecule has 1 saturated carbocycles. The van der Waals surface area contributed by atoms with Crippen molar-refractivity contribution >= 4 is 23.5 Å². The standard InChI is InChI=1S/C23H29ClF3N5O3/c1-30(23(6-2-3-7-23)8-11-35-21(26)27)20(33)16-13-28-32-10-9-31(14-19(16)32)22(34)29-15-4-5-18(25)17(24)12-15/h5,12-13,15,21H,2-4,6-11,14H2,1H3,(H,29,34). The quantitative estimate of drug-likeness (QED) is 0.591. The van der Waals surface area contributed by atoms with Crippen molar-refractivity contribution in [3.05, 3.63) is 40.5 Å². The summed E-state index contributed by atoms with van der Waals surface area (Å²) in [5, 5.41) is 7.13. The Morgan fingerprint density at radius 3 is 2.77 bits per heavy atom. The number of hydrogen-bond donors (Lipinski definition) is 1. The summed E-state index contributed by atoms with van der Waals surface area (Å²) in [6.45, 7) is -1.98. The molecule has 3 aliphatic rings. The smallest absolute Gasteiger partial charge is 0.336 e. The topological polar surface area (TPSA) is 79.7 Å². The molecule has 192 valence electrons. The molecular weight excluding hydrogens is 487 g/mol. The van der Waals surface area contributed by atoms with Gasteiger partial charge < -0.3 is 19.9 Å². The fourth-order valence-electron chi connectivity index (χ4n) is 5.12. The number of halogens is 4. The molecule has 0 spiro atoms. The maximum absolute atomic E-state index is 13.5. The van der Waals surface area contributed by atoms with Crippen LogP contribution in [-0.2, 0) is 17.8 Å². The zero-order valence-corrected chi connectivity index (χ0v) is 20.2. The summed E-state index contributed by atoms with van der Waals surface area (Å²) in [5.74, 6) is -0.762. The number of hydrogen-bond acceptors (Lipinski definition) is 4. The number of rotatable bonds is 7. The number of aromatic nitrogens is 2. The summed E-state index contributed by atoms with van der Waals surface area (Å²) in [5.41, 5.74) is 0.446. The van der Waals surface area contributed by atoms with E-state index < -0.39 is 24.0 Å². The molecule has 12 heteroatoms. The van der Waals surface area contributed by atoms with E-state index >= 15 is 0 Å². The Bertz CT molecular complexity index is 1020. The molecule has 0 radical (unpaired) electrons. The molecule has 3 amide bonds. The first-order valence-electron chi connectivity index (χ1n) is 11.7. The minimum absolute atomic E-state index is 0.0333. The summed E-state index contributed by atoms with van der Waals surface area (Å²) in [4.78, 5) is 29.6. The van der Waals surface area contributed by atoms with Crippen molar-refractivity contribution in [2.45, 2.75) is 69.8 Å². The number of nitrogens with one attached hydrogen (secondary N) is 1. The van der Waals surface area contributed by atoms with Crippen LogP contribution in [0.5, 0.6) is 0 Å². The van der Waals surface area contributed by atoms with Gasteiger partial charge >= 0.3 is 12.6 Å². The summed E-state index contributed by atoms with van der Waals surface area (Å²) < 4.78 is 44.7. The van der Waals surface area contributed by atoms with E-state index in [1.54, 1.807) is 21.5 Å². The highest BCUT2D eigenvalue weighted by molar-refractivity contribution is 6.31. The monoisotopic (exact) mass is 515 g/mol. The molecular formula is C23H29ClF3N5O3. The zero-order chi connectivity index (χ0) is 25.2. The van der Waals surface area contributed by atoms with E-state index in [1.165, 1.54) is 18.3 Å². The van der Waals surface area contributed by atoms with Gasteiger partial charge in [-0.15, -0.1) is 0 Å². The molecule has 1 N–H and O–H groups in total. The molecule has 2 aliphatic carbocycles. The Hall–Kier alpha value is -2.53. The molecule has 0 saturated heterocycles. The number of fused-ring (bicyclic) bond motifs is 1. The molecule has 4 rings (SSSR count). The van der Waals surface area contributed by atoms with Crippen LogP contribution in [0.25, 0.3) is 0 Å². The number of nitrogens with zero attached hydrogens (tertiary/aromatic N) is 4. The van der Waals surface area contributed by atoms with Gasteiger partial charge in [0, 0.05) is 19.1 Å². The van der Waals surface area contributed by atoms with Crippen molar-refractivity contribution in [2.75, 3.05) is 20.2 Å². The van der Waals surface area contributed by atoms with Gasteiger partial charge in [0.1, 0.15) is 5.83 Å². The second-order valence-electron chi connectivity index (χ2n) is 9.19. The van der Waals surface area contributed by atoms with Gasteiger partial charge in [-0.25, -0.2) is 9.18 Å². The van der Waals surface area contributed by atoms with Crippen molar-refractivity contribution in [1.82, 2.24) is 24.9 Å². The van der Waals surface area contributed by atoms with E-state index in [-0.39, 0.29) is 30.1 Å². The van der Waals surface area contributed by atoms with Gasteiger partial charge in [-0.1, -0.05) is 24.4 Å². The predicted molar refractivity (Wildman–Crippen MR) is 123 cm³/mol. The number of amides is 3. The van der Waals surface area contributed by atoms with Crippen LogP contribution in [0, 0.1) is 0 Å². The lowest BCUT2D eigenvalue weighted by Gasteiger charge is -2.39. The van der Waals surface area contributed by atoms with Crippen LogP contribution in [0.3, 0.4) is 0 Å². The Kier molecular flexibility index (Phi) is 7.75. The number of urea groups is 1. The number of ether oxygens (including phenoxy) is 1. The maximum Gasteiger partial charge on any atom is 0.345 e. The molecule has 35 heavy (non-hydrogen) atoms. The van der Waals surface area contributed by atoms with Crippen LogP contribution >= 0.6 is 11.6 Å². The minimum Gasteiger partial charge on any atom is -0.336 e. The van der Waals surface area contributed by atoms with Gasteiger partial charge in [0.2, 0.25) is 0 Å². The third-order valence-corrected chi connectivity index (χ3v) is 7.49. The van der Waals surface area contributed by atoms with Crippen molar-refractivity contribution < 1.29 is 27.5 Å². The van der Waals surface area contributed by atoms with Crippen molar-refractivity contribution in [1.29, 1.82) is 0 Å². The van der Waals surface area contributed by atoms with Gasteiger partial charge in [-0.2, -0.15) is 13.9 Å². The van der Waals surface area contributed by atoms with Crippen LogP contribution in [0.1, 0.15) is 54.6 Å². The zero-order valence-electron chi connectivity index (χ0n) is 19.5. The molecule has 2 heterocycles. The first-order chi connectivity index (χ1) is 16.7. The number of alkyl halides is 2. The van der Waals surface area contributed by atoms with Crippen molar-refractivity contribution in [3.8, 4) is 0 Å². The summed E-state index contributed by atoms with van der Waals surface area (Å²) >= 11 is 5.84. The first kappa shape index (κ1) is 25.6. The van der Waals surface area contributed by atoms with Crippen molar-refractivity contribution in [3.63, 3.8) is 0 Å². The van der Waals surface area contributed by atoms with E-state index in [9.17, 15) is 22.8 Å². The third-order valence-electron chi connectivity index (χ3n) is 7.19. The van der Waals surface area contributed by atoms with Gasteiger partial charge in [-0.3, -0.25) is 9.48 Å². The lowest BCUT2D eigenvalue weighted by Crippen LogP contribution is -2.50. The lowest BCUT2D eigenvalue weighted by molar-refractivity contribution is -0.134. The van der Waals surface area contributed by atoms with Gasteiger partial charge in [0.25, 0.3) is 5.91 Å². The van der Waals surface area contributed by atoms with Crippen LogP contribution in [0.15, 0.2) is 29.2 Å². The number of allylic oxidation sites excluding steroid dienone is 2. The average molecular weight is 516 g/mol. The second-order valence-corrected chi connectivity index (χ2v) is 9.59. The maximum atomic E-state index is 13.5. The summed E-state index contributed by atoms with van der Waals surface area (Å²) in [6, 6.07) is -0.770. The van der Waals surface area contributed by atoms with Gasteiger partial charge in [0.15, 0.2) is 0 Å². The van der Waals surface area contributed by atoms with Gasteiger partial charge in [-0.05, 0) is 37.8 Å². The molecule has 8 nitrogen and oxygen atoms in total. The fourth-order valence-corrected chi connectivity index (χ4v) is 5.35. The molecule has 1 unspecified atom stereocenters. The molecule has 1 aliphatic heterocycles. The largest absolute Gasteiger partial charge is 0.345 e. The van der Waals surface area contributed by atoms with Crippen LogP contribution < -0.4 is 5.32 Å². The van der Waals surface area contributed by atoms with Crippen LogP contribution in [0.2, 0.25) is 0 Å². The lowest BCUT2D eigenvalue weighted by atomic mass is 9.91. The van der Waals surface area contributed by atoms with E-state index in [2.05, 4.69) is 15.2 Å². The van der Waals surface area contributed by atoms with Gasteiger partial charge in [0.05, 0.1) is 48.2 Å². The highest BCUT2D eigenvalue weighted by atomic mass is 35.5. The Labute approximate surface area is 206 Å². The molecule has 0 bridgehead atoms. The highest BCUT2D eigenvalue weighted by Gasteiger charge is 2.41. The fraction of sp³-hybridized carbons (Fsp3) is 0.609. The van der Waals surface area contributed by atoms with E-state index in [0.717, 1.165) is 12.8 Å². The van der Waals surface area contributed by atoms with Crippen LogP contribution in [0.4, 0.5) is 18.0 Å². The minimum atomic E-state index is -2.84. The second kappa shape index (κ2) is 10.6. The van der Waals surface area contributed by atoms with Crippen LogP contribution in [-0.4, -0.2) is 69.9 Å². The normalized spacial score (nSPS) is 21.4. The Morgan fingerprint density at radius 1 is 1.34 bits per heavy atom. The molecule has 1 aromatic rings. The summed E-state index contributed by atoms with van der Waals surface area (Å²) in [6.07, 6.45) is 8.16. The SMILES string of the molecule is CN(C(=O)c1cnn2c1CN(C(=O)NC1C=C(Cl)C(F)=CC1)CC2)C1(CCOC(F)F)CCCC1. The Morgan fingerprint density at radius 2 is 2.09 bits per heavy atom. The summed E-state index contributed by atoms with van der Waals surface area (Å²) in [7, 11) is 1.69. The van der Waals surface area contributed by atoms with E-state index in [1.807, 2.05) is 0 Å². The molecule has 1 aromatic heterocycles. The molecule has 1 fully saturated rings. The molecule has 0 aromatic carbocycles. The first-order valence-corrected chi connectivity index (χ1v) is 12.1. The highest BCUT2D eigenvalue weighted by Crippen LogP contribution is 2.38. The molecule has 1 atom stereocenters. The average Bonchev–Trinajstić information content (AvgIpc) is 3.48. The number of carbonyl (C=O) groups is 2. The predicted octanol–water partition coefficient (Wildman–Crippen LogP) is 4.17. The van der Waals surface area contributed by atoms with Crippen molar-refractivity contribution in [2.24, 2.45) is 0 Å². The van der Waals surface area contributed by atoms with E-state index in [0.29, 0.717) is 50.0 Å². The third kappa shape index (κ3) is 5.50. The van der Waals surface area contributed by atoms with E-state index in [4.69, 9.17) is 11.6 Å². The number of carbonyl (C=O) groups excluding carboxylic acids is 2.